The summed E-state index contributed by atoms with van der Waals surface area (Å²) in [6.45, 7) is 11.8. The smallest absolute Gasteiger partial charge is 0.150 e. The Morgan fingerprint density at radius 1 is 0.971 bits per heavy atom. The van der Waals surface area contributed by atoms with Crippen molar-refractivity contribution in [2.75, 3.05) is 26.8 Å². The lowest BCUT2D eigenvalue weighted by Crippen LogP contribution is -2.57. The Bertz CT molecular complexity index is 959. The Morgan fingerprint density at radius 3 is 2.44 bits per heavy atom. The molecular weight excluding hydrogens is 418 g/mol. The van der Waals surface area contributed by atoms with Crippen molar-refractivity contribution in [1.82, 2.24) is 0 Å². The van der Waals surface area contributed by atoms with E-state index in [9.17, 15) is 0 Å². The van der Waals surface area contributed by atoms with Crippen molar-refractivity contribution in [1.29, 1.82) is 0 Å². The molecule has 1 aliphatic carbocycles. The maximum atomic E-state index is 7.15. The van der Waals surface area contributed by atoms with E-state index in [1.165, 1.54) is 60.7 Å². The number of ether oxygens (including phenoxy) is 2. The second kappa shape index (κ2) is 9.32. The summed E-state index contributed by atoms with van der Waals surface area (Å²) in [6, 6.07) is 20.1. The van der Waals surface area contributed by atoms with Crippen LogP contribution < -0.4 is 4.74 Å². The zero-order valence-corrected chi connectivity index (χ0v) is 21.8. The summed E-state index contributed by atoms with van der Waals surface area (Å²) < 4.78 is 13.8. The van der Waals surface area contributed by atoms with Gasteiger partial charge in [-0.15, -0.1) is 0 Å². The number of nitrogens with zero attached hydrogens (tertiary/aromatic N) is 1. The normalized spacial score (nSPS) is 36.1. The Hall–Kier alpha value is -1.84. The Balaban J connectivity index is 1.53. The van der Waals surface area contributed by atoms with Crippen LogP contribution in [0.4, 0.5) is 0 Å². The second-order valence-electron chi connectivity index (χ2n) is 11.6. The first-order chi connectivity index (χ1) is 16.5. The van der Waals surface area contributed by atoms with Crippen molar-refractivity contribution in [3.05, 3.63) is 65.7 Å². The fraction of sp³-hybridized carbons (Fsp3) is 0.613. The van der Waals surface area contributed by atoms with Crippen LogP contribution in [-0.4, -0.2) is 36.8 Å². The van der Waals surface area contributed by atoms with E-state index in [0.717, 1.165) is 37.3 Å². The van der Waals surface area contributed by atoms with Gasteiger partial charge in [0.25, 0.3) is 0 Å². The highest BCUT2D eigenvalue weighted by atomic mass is 16.5. The predicted octanol–water partition coefficient (Wildman–Crippen LogP) is 6.95. The van der Waals surface area contributed by atoms with E-state index in [1.54, 1.807) is 7.11 Å². The van der Waals surface area contributed by atoms with Crippen LogP contribution >= 0.6 is 0 Å². The number of benzene rings is 2. The van der Waals surface area contributed by atoms with Crippen LogP contribution in [0.2, 0.25) is 0 Å². The lowest BCUT2D eigenvalue weighted by Gasteiger charge is -2.43. The molecule has 3 fully saturated rings. The van der Waals surface area contributed by atoms with E-state index in [1.807, 2.05) is 0 Å². The van der Waals surface area contributed by atoms with E-state index in [-0.39, 0.29) is 11.1 Å². The molecule has 0 aromatic heterocycles. The first kappa shape index (κ1) is 23.9. The summed E-state index contributed by atoms with van der Waals surface area (Å²) in [5, 5.41) is 0. The van der Waals surface area contributed by atoms with Gasteiger partial charge in [0, 0.05) is 24.0 Å². The van der Waals surface area contributed by atoms with Gasteiger partial charge in [0.2, 0.25) is 0 Å². The third kappa shape index (κ3) is 3.62. The van der Waals surface area contributed by atoms with E-state index in [2.05, 4.69) is 75.4 Å². The molecule has 2 saturated heterocycles. The van der Waals surface area contributed by atoms with Gasteiger partial charge in [-0.1, -0.05) is 63.4 Å². The summed E-state index contributed by atoms with van der Waals surface area (Å²) in [5.74, 6) is 3.07. The van der Waals surface area contributed by atoms with Crippen molar-refractivity contribution in [2.45, 2.75) is 77.0 Å². The number of unbranched alkanes of at least 4 members (excludes halogenated alkanes) is 3. The van der Waals surface area contributed by atoms with Crippen LogP contribution in [0, 0.1) is 17.8 Å². The average Bonchev–Trinajstić information content (AvgIpc) is 3.40. The molecule has 3 nitrogen and oxygen atoms in total. The third-order valence-corrected chi connectivity index (χ3v) is 9.93. The molecule has 0 amide bonds. The highest BCUT2D eigenvalue weighted by molar-refractivity contribution is 5.31. The van der Waals surface area contributed by atoms with Crippen LogP contribution in [0.25, 0.3) is 0 Å². The minimum absolute atomic E-state index is 0.177. The maximum Gasteiger partial charge on any atom is 0.150 e. The van der Waals surface area contributed by atoms with Crippen LogP contribution in [-0.2, 0) is 16.9 Å². The minimum Gasteiger partial charge on any atom is -0.497 e. The van der Waals surface area contributed by atoms with Crippen LogP contribution in [0.3, 0.4) is 0 Å². The molecule has 2 heterocycles. The topological polar surface area (TPSA) is 18.5 Å². The van der Waals surface area contributed by atoms with Crippen LogP contribution in [0.5, 0.6) is 5.75 Å². The van der Waals surface area contributed by atoms with Gasteiger partial charge in [-0.25, -0.2) is 0 Å². The standard InChI is InChI=1S/C31H44NO2/c1-5-6-7-11-20-34-31(26-12-9-8-10-13-26)23-32(22-25-14-16-27(33-4)17-15-25)21-24(2)28-18-19-29(31)30(28,32)3/h8-10,12-17,24,28-29H,5-7,11,18-23H2,1-4H3/q+1/t24-,28+,29+,30-,31+,32-/m1/s1. The fourth-order valence-corrected chi connectivity index (χ4v) is 8.50. The molecule has 184 valence electrons. The van der Waals surface area contributed by atoms with Gasteiger partial charge in [0.15, 0.2) is 5.60 Å². The van der Waals surface area contributed by atoms with Crippen LogP contribution in [0.15, 0.2) is 54.6 Å². The van der Waals surface area contributed by atoms with Gasteiger partial charge in [-0.3, -0.25) is 0 Å². The molecule has 1 saturated carbocycles. The van der Waals surface area contributed by atoms with Crippen molar-refractivity contribution >= 4 is 0 Å². The molecule has 2 aromatic rings. The first-order valence-corrected chi connectivity index (χ1v) is 13.7. The zero-order chi connectivity index (χ0) is 23.8. The Kier molecular flexibility index (Phi) is 6.54. The van der Waals surface area contributed by atoms with Crippen molar-refractivity contribution < 1.29 is 14.0 Å². The average molecular weight is 463 g/mol. The quantitative estimate of drug-likeness (QED) is 0.281. The predicted molar refractivity (Wildman–Crippen MR) is 139 cm³/mol. The number of rotatable bonds is 10. The number of quaternary nitrogens is 1. The van der Waals surface area contributed by atoms with Gasteiger partial charge in [-0.05, 0) is 56.0 Å². The molecule has 3 heteroatoms. The Morgan fingerprint density at radius 2 is 1.74 bits per heavy atom. The maximum absolute atomic E-state index is 7.15. The molecule has 2 aliphatic heterocycles. The fourth-order valence-electron chi connectivity index (χ4n) is 8.50. The van der Waals surface area contributed by atoms with E-state index in [0.29, 0.717) is 5.92 Å². The van der Waals surface area contributed by atoms with Crippen molar-refractivity contribution in [3.63, 3.8) is 0 Å². The van der Waals surface area contributed by atoms with Gasteiger partial charge in [0.05, 0.1) is 19.6 Å². The highest BCUT2D eigenvalue weighted by Crippen LogP contribution is 2.68. The molecule has 3 aliphatic rings. The molecule has 0 bridgehead atoms. The molecular formula is C31H44NO2+. The lowest BCUT2D eigenvalue weighted by molar-refractivity contribution is -0.968. The zero-order valence-electron chi connectivity index (χ0n) is 21.8. The minimum atomic E-state index is -0.177. The second-order valence-corrected chi connectivity index (χ2v) is 11.6. The summed E-state index contributed by atoms with van der Waals surface area (Å²) in [7, 11) is 1.75. The van der Waals surface area contributed by atoms with Gasteiger partial charge in [-0.2, -0.15) is 0 Å². The monoisotopic (exact) mass is 462 g/mol. The van der Waals surface area contributed by atoms with E-state index < -0.39 is 0 Å². The summed E-state index contributed by atoms with van der Waals surface area (Å²) in [4.78, 5) is 0. The largest absolute Gasteiger partial charge is 0.497 e. The molecule has 0 spiro atoms. The lowest BCUT2D eigenvalue weighted by atomic mass is 9.73. The summed E-state index contributed by atoms with van der Waals surface area (Å²) in [6.07, 6.45) is 7.65. The van der Waals surface area contributed by atoms with Gasteiger partial charge < -0.3 is 14.0 Å². The number of hydrogen-bond donors (Lipinski definition) is 0. The third-order valence-electron chi connectivity index (χ3n) is 9.93. The molecule has 6 atom stereocenters. The first-order valence-electron chi connectivity index (χ1n) is 13.7. The highest BCUT2D eigenvalue weighted by Gasteiger charge is 2.78. The molecule has 2 aromatic carbocycles. The SMILES string of the molecule is CCCCCCO[C@]1(c2ccccc2)C[N@+]2(Cc3ccc(OC)cc3)C[C@@H](C)[C@@H]3CC[C@H]1[C@@]32C. The summed E-state index contributed by atoms with van der Waals surface area (Å²) in [5.41, 5.74) is 2.92. The van der Waals surface area contributed by atoms with Gasteiger partial charge >= 0.3 is 0 Å². The molecule has 5 rings (SSSR count). The van der Waals surface area contributed by atoms with Crippen molar-refractivity contribution in [2.24, 2.45) is 17.8 Å². The molecule has 0 unspecified atom stereocenters. The molecule has 34 heavy (non-hydrogen) atoms. The van der Waals surface area contributed by atoms with Crippen molar-refractivity contribution in [3.8, 4) is 5.75 Å². The number of hydrogen-bond acceptors (Lipinski definition) is 2. The Labute approximate surface area is 207 Å². The van der Waals surface area contributed by atoms with E-state index >= 15 is 0 Å². The molecule has 0 N–H and O–H groups in total. The van der Waals surface area contributed by atoms with Gasteiger partial charge in [0.1, 0.15) is 24.4 Å². The van der Waals surface area contributed by atoms with E-state index in [4.69, 9.17) is 9.47 Å². The number of methoxy groups -OCH3 is 1. The van der Waals surface area contributed by atoms with Crippen LogP contribution in [0.1, 0.15) is 70.4 Å². The summed E-state index contributed by atoms with van der Waals surface area (Å²) >= 11 is 0. The molecule has 0 radical (unpaired) electrons.